The number of amides is 1. The summed E-state index contributed by atoms with van der Waals surface area (Å²) in [5.74, 6) is -2.07. The molecule has 1 amide bonds. The van der Waals surface area contributed by atoms with Gasteiger partial charge in [-0.25, -0.2) is 0 Å². The predicted molar refractivity (Wildman–Crippen MR) is 93.0 cm³/mol. The van der Waals surface area contributed by atoms with Crippen LogP contribution in [0, 0.1) is 13.8 Å². The van der Waals surface area contributed by atoms with E-state index in [2.05, 4.69) is 5.32 Å². The summed E-state index contributed by atoms with van der Waals surface area (Å²) in [4.78, 5) is 12.3. The van der Waals surface area contributed by atoms with E-state index in [1.54, 1.807) is 24.3 Å². The van der Waals surface area contributed by atoms with Crippen LogP contribution in [0.15, 0.2) is 47.4 Å². The van der Waals surface area contributed by atoms with E-state index in [4.69, 9.17) is 4.74 Å². The third-order valence-electron chi connectivity index (χ3n) is 3.29. The number of rotatable bonds is 7. The van der Waals surface area contributed by atoms with Crippen LogP contribution in [-0.4, -0.2) is 18.3 Å². The molecule has 0 spiro atoms. The third kappa shape index (κ3) is 5.53. The summed E-state index contributed by atoms with van der Waals surface area (Å²) in [5, 5.41) is 2.65. The average Bonchev–Trinajstić information content (AvgIpc) is 2.51. The van der Waals surface area contributed by atoms with Crippen LogP contribution >= 0.6 is 11.8 Å². The van der Waals surface area contributed by atoms with Crippen LogP contribution < -0.4 is 10.1 Å². The van der Waals surface area contributed by atoms with E-state index in [1.807, 2.05) is 32.0 Å². The van der Waals surface area contributed by atoms with Crippen molar-refractivity contribution in [3.05, 3.63) is 53.6 Å². The molecular formula is C18H19F2NO2S. The first-order valence-electron chi connectivity index (χ1n) is 7.49. The van der Waals surface area contributed by atoms with E-state index in [0.717, 1.165) is 16.9 Å². The number of carbonyl (C=O) groups excluding carboxylic acids is 1. The van der Waals surface area contributed by atoms with Gasteiger partial charge in [0.25, 0.3) is 5.76 Å². The standard InChI is InChI=1S/C18H19F2NO2S/c1-12-7-8-15(13(2)11-12)23-10-9-17(22)21-14-5-3-4-6-16(14)24-18(19)20/h3-8,11,18H,9-10H2,1-2H3,(H,21,22). The normalized spacial score (nSPS) is 10.7. The molecule has 0 bridgehead atoms. The number of halogens is 2. The third-order valence-corrected chi connectivity index (χ3v) is 4.08. The molecule has 0 heterocycles. The molecule has 1 N–H and O–H groups in total. The predicted octanol–water partition coefficient (Wildman–Crippen LogP) is 5.03. The summed E-state index contributed by atoms with van der Waals surface area (Å²) in [5.41, 5.74) is 2.54. The lowest BCUT2D eigenvalue weighted by Crippen LogP contribution is -2.16. The highest BCUT2D eigenvalue weighted by molar-refractivity contribution is 7.99. The summed E-state index contributed by atoms with van der Waals surface area (Å²) in [6.07, 6.45) is 0.140. The highest BCUT2D eigenvalue weighted by atomic mass is 32.2. The topological polar surface area (TPSA) is 38.3 Å². The number of carbonyl (C=O) groups is 1. The van der Waals surface area contributed by atoms with Crippen molar-refractivity contribution >= 4 is 23.4 Å². The van der Waals surface area contributed by atoms with Crippen molar-refractivity contribution in [3.63, 3.8) is 0 Å². The Bertz CT molecular complexity index is 707. The number of aryl methyl sites for hydroxylation is 2. The van der Waals surface area contributed by atoms with E-state index in [-0.39, 0.29) is 18.9 Å². The van der Waals surface area contributed by atoms with E-state index in [1.165, 1.54) is 0 Å². The number of hydrogen-bond acceptors (Lipinski definition) is 3. The summed E-state index contributed by atoms with van der Waals surface area (Å²) in [6.45, 7) is 4.17. The number of hydrogen-bond donors (Lipinski definition) is 1. The second-order valence-electron chi connectivity index (χ2n) is 5.29. The van der Waals surface area contributed by atoms with E-state index in [9.17, 15) is 13.6 Å². The maximum atomic E-state index is 12.5. The number of thioether (sulfide) groups is 1. The maximum Gasteiger partial charge on any atom is 0.288 e. The largest absolute Gasteiger partial charge is 0.493 e. The molecule has 0 fully saturated rings. The fourth-order valence-electron chi connectivity index (χ4n) is 2.20. The van der Waals surface area contributed by atoms with Gasteiger partial charge < -0.3 is 10.1 Å². The van der Waals surface area contributed by atoms with Crippen LogP contribution in [0.1, 0.15) is 17.5 Å². The minimum atomic E-state index is -2.53. The summed E-state index contributed by atoms with van der Waals surface area (Å²) in [6, 6.07) is 12.3. The minimum absolute atomic E-state index is 0.140. The van der Waals surface area contributed by atoms with Crippen LogP contribution in [-0.2, 0) is 4.79 Å². The Morgan fingerprint density at radius 3 is 2.67 bits per heavy atom. The molecule has 6 heteroatoms. The van der Waals surface area contributed by atoms with Gasteiger partial charge in [0.1, 0.15) is 5.75 Å². The molecule has 2 rings (SSSR count). The zero-order valence-corrected chi connectivity index (χ0v) is 14.3. The number of alkyl halides is 2. The Kier molecular flexibility index (Phi) is 6.61. The summed E-state index contributed by atoms with van der Waals surface area (Å²) < 4.78 is 30.7. The molecule has 0 aliphatic carbocycles. The minimum Gasteiger partial charge on any atom is -0.493 e. The summed E-state index contributed by atoms with van der Waals surface area (Å²) >= 11 is 0.412. The highest BCUT2D eigenvalue weighted by Gasteiger charge is 2.12. The van der Waals surface area contributed by atoms with E-state index in [0.29, 0.717) is 22.3 Å². The van der Waals surface area contributed by atoms with Crippen molar-refractivity contribution in [2.24, 2.45) is 0 Å². The molecule has 0 unspecified atom stereocenters. The van der Waals surface area contributed by atoms with Gasteiger partial charge in [0.15, 0.2) is 0 Å². The van der Waals surface area contributed by atoms with Crippen molar-refractivity contribution in [1.82, 2.24) is 0 Å². The molecule has 0 saturated heterocycles. The molecular weight excluding hydrogens is 332 g/mol. The molecule has 0 aliphatic heterocycles. The van der Waals surface area contributed by atoms with Gasteiger partial charge in [0, 0.05) is 4.90 Å². The van der Waals surface area contributed by atoms with Gasteiger partial charge in [-0.3, -0.25) is 4.79 Å². The number of para-hydroxylation sites is 1. The van der Waals surface area contributed by atoms with Crippen LogP contribution in [0.3, 0.4) is 0 Å². The van der Waals surface area contributed by atoms with Gasteiger partial charge in [-0.05, 0) is 37.6 Å². The first-order chi connectivity index (χ1) is 11.5. The van der Waals surface area contributed by atoms with Crippen LogP contribution in [0.4, 0.5) is 14.5 Å². The monoisotopic (exact) mass is 351 g/mol. The van der Waals surface area contributed by atoms with Gasteiger partial charge in [-0.1, -0.05) is 41.6 Å². The molecule has 0 radical (unpaired) electrons. The molecule has 24 heavy (non-hydrogen) atoms. The SMILES string of the molecule is Cc1ccc(OCCC(=O)Nc2ccccc2SC(F)F)c(C)c1. The first-order valence-corrected chi connectivity index (χ1v) is 8.37. The number of benzene rings is 2. The van der Waals surface area contributed by atoms with Crippen molar-refractivity contribution in [1.29, 1.82) is 0 Å². The fourth-order valence-corrected chi connectivity index (χ4v) is 2.79. The van der Waals surface area contributed by atoms with Crippen molar-refractivity contribution in [3.8, 4) is 5.75 Å². The van der Waals surface area contributed by atoms with Crippen LogP contribution in [0.25, 0.3) is 0 Å². The lowest BCUT2D eigenvalue weighted by molar-refractivity contribution is -0.116. The number of anilines is 1. The molecule has 128 valence electrons. The highest BCUT2D eigenvalue weighted by Crippen LogP contribution is 2.31. The Balaban J connectivity index is 1.87. The lowest BCUT2D eigenvalue weighted by Gasteiger charge is -2.12. The lowest BCUT2D eigenvalue weighted by atomic mass is 10.1. The van der Waals surface area contributed by atoms with Crippen LogP contribution in [0.5, 0.6) is 5.75 Å². The van der Waals surface area contributed by atoms with Gasteiger partial charge in [-0.2, -0.15) is 8.78 Å². The molecule has 0 atom stereocenters. The smallest absolute Gasteiger partial charge is 0.288 e. The molecule has 3 nitrogen and oxygen atoms in total. The maximum absolute atomic E-state index is 12.5. The first kappa shape index (κ1) is 18.3. The summed E-state index contributed by atoms with van der Waals surface area (Å²) in [7, 11) is 0. The zero-order valence-electron chi connectivity index (χ0n) is 13.5. The van der Waals surface area contributed by atoms with E-state index >= 15 is 0 Å². The van der Waals surface area contributed by atoms with Crippen molar-refractivity contribution in [2.75, 3.05) is 11.9 Å². The molecule has 0 aliphatic rings. The Morgan fingerprint density at radius 2 is 1.96 bits per heavy atom. The average molecular weight is 351 g/mol. The Morgan fingerprint density at radius 1 is 1.21 bits per heavy atom. The van der Waals surface area contributed by atoms with Gasteiger partial charge in [0.05, 0.1) is 18.7 Å². The van der Waals surface area contributed by atoms with Crippen LogP contribution in [0.2, 0.25) is 0 Å². The Hall–Kier alpha value is -2.08. The Labute approximate surface area is 144 Å². The second kappa shape index (κ2) is 8.68. The van der Waals surface area contributed by atoms with E-state index < -0.39 is 5.76 Å². The van der Waals surface area contributed by atoms with Crippen molar-refractivity contribution < 1.29 is 18.3 Å². The fraction of sp³-hybridized carbons (Fsp3) is 0.278. The van der Waals surface area contributed by atoms with Gasteiger partial charge >= 0.3 is 0 Å². The zero-order chi connectivity index (χ0) is 17.5. The quantitative estimate of drug-likeness (QED) is 0.711. The molecule has 2 aromatic rings. The number of ether oxygens (including phenoxy) is 1. The van der Waals surface area contributed by atoms with Crippen molar-refractivity contribution in [2.45, 2.75) is 30.9 Å². The molecule has 0 aromatic heterocycles. The number of nitrogens with one attached hydrogen (secondary N) is 1. The second-order valence-corrected chi connectivity index (χ2v) is 6.32. The molecule has 2 aromatic carbocycles. The molecule has 0 saturated carbocycles. The van der Waals surface area contributed by atoms with Gasteiger partial charge in [0.2, 0.25) is 5.91 Å². The van der Waals surface area contributed by atoms with Gasteiger partial charge in [-0.15, -0.1) is 0 Å².